The monoisotopic (exact) mass is 440 g/mol. The summed E-state index contributed by atoms with van der Waals surface area (Å²) in [5.74, 6) is 0.399. The molecule has 0 radical (unpaired) electrons. The van der Waals surface area contributed by atoms with Crippen LogP contribution in [0.2, 0.25) is 0 Å². The third-order valence-electron chi connectivity index (χ3n) is 3.13. The van der Waals surface area contributed by atoms with Gasteiger partial charge in [0.1, 0.15) is 0 Å². The summed E-state index contributed by atoms with van der Waals surface area (Å²) in [6.07, 6.45) is 0.977. The molecule has 0 spiro atoms. The SMILES string of the molecule is CCC(C)NC(N)=NCc1ccc(CS(=O)(=O)NC)cc1.I. The maximum Gasteiger partial charge on any atom is 0.215 e. The Kier molecular flexibility index (Phi) is 9.61. The first kappa shape index (κ1) is 21.1. The van der Waals surface area contributed by atoms with Gasteiger partial charge in [-0.1, -0.05) is 31.2 Å². The van der Waals surface area contributed by atoms with E-state index in [4.69, 9.17) is 5.73 Å². The van der Waals surface area contributed by atoms with Gasteiger partial charge in [0.25, 0.3) is 0 Å². The minimum Gasteiger partial charge on any atom is -0.370 e. The molecule has 8 heteroatoms. The number of nitrogens with zero attached hydrogens (tertiary/aromatic N) is 1. The Morgan fingerprint density at radius 3 is 2.32 bits per heavy atom. The van der Waals surface area contributed by atoms with Gasteiger partial charge >= 0.3 is 0 Å². The van der Waals surface area contributed by atoms with Crippen LogP contribution in [0.15, 0.2) is 29.3 Å². The van der Waals surface area contributed by atoms with Crippen LogP contribution in [-0.4, -0.2) is 27.5 Å². The number of halogens is 1. The smallest absolute Gasteiger partial charge is 0.215 e. The highest BCUT2D eigenvalue weighted by molar-refractivity contribution is 14.0. The summed E-state index contributed by atoms with van der Waals surface area (Å²) in [6, 6.07) is 7.60. The Morgan fingerprint density at radius 1 is 1.27 bits per heavy atom. The maximum absolute atomic E-state index is 11.4. The lowest BCUT2D eigenvalue weighted by atomic mass is 10.1. The standard InChI is InChI=1S/C14H24N4O2S.HI/c1-4-11(2)18-14(15)17-9-12-5-7-13(8-6-12)10-21(19,20)16-3;/h5-8,11,16H,4,9-10H2,1-3H3,(H3,15,17,18);1H. The second kappa shape index (κ2) is 10.0. The molecule has 1 rings (SSSR count). The largest absolute Gasteiger partial charge is 0.370 e. The highest BCUT2D eigenvalue weighted by Gasteiger charge is 2.08. The van der Waals surface area contributed by atoms with Gasteiger partial charge in [0.2, 0.25) is 10.0 Å². The van der Waals surface area contributed by atoms with Gasteiger partial charge in [-0.05, 0) is 31.5 Å². The van der Waals surface area contributed by atoms with Crippen LogP contribution in [0.4, 0.5) is 0 Å². The summed E-state index contributed by atoms with van der Waals surface area (Å²) >= 11 is 0. The molecule has 0 amide bonds. The van der Waals surface area contributed by atoms with Crippen LogP contribution in [0.1, 0.15) is 31.4 Å². The van der Waals surface area contributed by atoms with Crippen LogP contribution in [0.3, 0.4) is 0 Å². The molecule has 1 atom stereocenters. The average molecular weight is 440 g/mol. The molecule has 0 aliphatic rings. The number of nitrogens with one attached hydrogen (secondary N) is 2. The van der Waals surface area contributed by atoms with Gasteiger partial charge in [-0.25, -0.2) is 18.1 Å². The molecular formula is C14H25IN4O2S. The molecule has 0 aliphatic carbocycles. The molecule has 0 heterocycles. The van der Waals surface area contributed by atoms with Crippen molar-refractivity contribution < 1.29 is 8.42 Å². The average Bonchev–Trinajstić information content (AvgIpc) is 2.46. The van der Waals surface area contributed by atoms with Crippen LogP contribution in [0.5, 0.6) is 0 Å². The van der Waals surface area contributed by atoms with E-state index in [-0.39, 0.29) is 29.7 Å². The van der Waals surface area contributed by atoms with Crippen molar-refractivity contribution in [2.45, 2.75) is 38.6 Å². The number of guanidine groups is 1. The molecule has 1 unspecified atom stereocenters. The van der Waals surface area contributed by atoms with E-state index in [1.807, 2.05) is 19.1 Å². The van der Waals surface area contributed by atoms with Crippen molar-refractivity contribution in [1.82, 2.24) is 10.0 Å². The molecular weight excluding hydrogens is 415 g/mol. The molecule has 1 aromatic rings. The zero-order valence-corrected chi connectivity index (χ0v) is 16.3. The number of aliphatic imine (C=N–C) groups is 1. The normalized spacial score (nSPS) is 13.3. The molecule has 0 aliphatic heterocycles. The zero-order valence-electron chi connectivity index (χ0n) is 13.2. The first-order valence-electron chi connectivity index (χ1n) is 6.91. The van der Waals surface area contributed by atoms with Gasteiger partial charge in [-0.3, -0.25) is 0 Å². The van der Waals surface area contributed by atoms with E-state index < -0.39 is 10.0 Å². The minimum atomic E-state index is -3.24. The molecule has 22 heavy (non-hydrogen) atoms. The number of rotatable bonds is 7. The predicted molar refractivity (Wildman–Crippen MR) is 102 cm³/mol. The van der Waals surface area contributed by atoms with Crippen molar-refractivity contribution in [2.24, 2.45) is 10.7 Å². The molecule has 1 aromatic carbocycles. The van der Waals surface area contributed by atoms with Crippen LogP contribution in [-0.2, 0) is 22.3 Å². The summed E-state index contributed by atoms with van der Waals surface area (Å²) in [5, 5.41) is 3.09. The number of hydrogen-bond donors (Lipinski definition) is 3. The number of hydrogen-bond acceptors (Lipinski definition) is 3. The second-order valence-corrected chi connectivity index (χ2v) is 6.86. The highest BCUT2D eigenvalue weighted by Crippen LogP contribution is 2.08. The third-order valence-corrected chi connectivity index (χ3v) is 4.46. The Morgan fingerprint density at radius 2 is 1.82 bits per heavy atom. The first-order chi connectivity index (χ1) is 9.86. The van der Waals surface area contributed by atoms with Gasteiger partial charge in [0.15, 0.2) is 5.96 Å². The van der Waals surface area contributed by atoms with E-state index in [9.17, 15) is 8.42 Å². The van der Waals surface area contributed by atoms with E-state index in [2.05, 4.69) is 22.0 Å². The summed E-state index contributed by atoms with van der Waals surface area (Å²) in [4.78, 5) is 4.26. The van der Waals surface area contributed by atoms with E-state index in [1.165, 1.54) is 7.05 Å². The first-order valence-corrected chi connectivity index (χ1v) is 8.57. The van der Waals surface area contributed by atoms with E-state index in [0.717, 1.165) is 17.5 Å². The summed E-state index contributed by atoms with van der Waals surface area (Å²) in [7, 11) is -1.83. The van der Waals surface area contributed by atoms with Crippen molar-refractivity contribution in [3.05, 3.63) is 35.4 Å². The van der Waals surface area contributed by atoms with Crippen molar-refractivity contribution in [3.8, 4) is 0 Å². The number of benzene rings is 1. The zero-order chi connectivity index (χ0) is 15.9. The summed E-state index contributed by atoms with van der Waals surface area (Å²) in [5.41, 5.74) is 7.50. The lowest BCUT2D eigenvalue weighted by Gasteiger charge is -2.11. The molecule has 0 saturated heterocycles. The molecule has 0 saturated carbocycles. The number of sulfonamides is 1. The maximum atomic E-state index is 11.4. The predicted octanol–water partition coefficient (Wildman–Crippen LogP) is 1.56. The Labute approximate surface area is 150 Å². The van der Waals surface area contributed by atoms with Crippen molar-refractivity contribution in [2.75, 3.05) is 7.05 Å². The Hall–Kier alpha value is -0.870. The quantitative estimate of drug-likeness (QED) is 0.341. The van der Waals surface area contributed by atoms with Crippen molar-refractivity contribution >= 4 is 40.0 Å². The van der Waals surface area contributed by atoms with Gasteiger partial charge in [0.05, 0.1) is 12.3 Å². The fourth-order valence-corrected chi connectivity index (χ4v) is 2.38. The molecule has 0 fully saturated rings. The van der Waals surface area contributed by atoms with Crippen molar-refractivity contribution in [3.63, 3.8) is 0 Å². The summed E-state index contributed by atoms with van der Waals surface area (Å²) < 4.78 is 25.2. The van der Waals surface area contributed by atoms with Crippen LogP contribution in [0.25, 0.3) is 0 Å². The molecule has 4 N–H and O–H groups in total. The van der Waals surface area contributed by atoms with Crippen LogP contribution in [0, 0.1) is 0 Å². The van der Waals surface area contributed by atoms with Gasteiger partial charge in [-0.15, -0.1) is 24.0 Å². The lowest BCUT2D eigenvalue weighted by Crippen LogP contribution is -2.38. The Balaban J connectivity index is 0.00000441. The van der Waals surface area contributed by atoms with Gasteiger partial charge in [0, 0.05) is 6.04 Å². The van der Waals surface area contributed by atoms with E-state index in [1.54, 1.807) is 12.1 Å². The molecule has 0 aromatic heterocycles. The lowest BCUT2D eigenvalue weighted by molar-refractivity contribution is 0.587. The second-order valence-electron chi connectivity index (χ2n) is 4.93. The van der Waals surface area contributed by atoms with Crippen LogP contribution >= 0.6 is 24.0 Å². The fraction of sp³-hybridized carbons (Fsp3) is 0.500. The topological polar surface area (TPSA) is 96.6 Å². The highest BCUT2D eigenvalue weighted by atomic mass is 127. The molecule has 0 bridgehead atoms. The van der Waals surface area contributed by atoms with Crippen LogP contribution < -0.4 is 15.8 Å². The minimum absolute atomic E-state index is 0. The van der Waals surface area contributed by atoms with E-state index >= 15 is 0 Å². The van der Waals surface area contributed by atoms with Gasteiger partial charge < -0.3 is 11.1 Å². The van der Waals surface area contributed by atoms with Gasteiger partial charge in [-0.2, -0.15) is 0 Å². The fourth-order valence-electron chi connectivity index (χ4n) is 1.61. The molecule has 6 nitrogen and oxygen atoms in total. The van der Waals surface area contributed by atoms with Crippen molar-refractivity contribution in [1.29, 1.82) is 0 Å². The Bertz CT molecular complexity index is 573. The third kappa shape index (κ3) is 7.95. The number of nitrogens with two attached hydrogens (primary N) is 1. The molecule has 126 valence electrons. The summed E-state index contributed by atoms with van der Waals surface area (Å²) in [6.45, 7) is 4.58. The van der Waals surface area contributed by atoms with E-state index in [0.29, 0.717) is 18.5 Å².